The predicted octanol–water partition coefficient (Wildman–Crippen LogP) is 2.77. The van der Waals surface area contributed by atoms with Crippen LogP contribution in [0.3, 0.4) is 0 Å². The number of carbonyl (C=O) groups excluding carboxylic acids is 1. The molecule has 2 heterocycles. The Hall–Kier alpha value is -0.610. The van der Waals surface area contributed by atoms with Crippen LogP contribution in [0.5, 0.6) is 0 Å². The molecule has 6 aliphatic rings. The molecule has 6 rings (SSSR count). The number of hydrogen-bond donors (Lipinski definition) is 0. The number of hydrogen-bond acceptors (Lipinski definition) is 3. The molecule has 0 spiro atoms. The summed E-state index contributed by atoms with van der Waals surface area (Å²) in [5.74, 6) is 3.82. The van der Waals surface area contributed by atoms with E-state index < -0.39 is 0 Å². The summed E-state index contributed by atoms with van der Waals surface area (Å²) in [6.07, 6.45) is 10.4. The van der Waals surface area contributed by atoms with Gasteiger partial charge in [-0.3, -0.25) is 9.69 Å². The second-order valence-electron chi connectivity index (χ2n) is 9.87. The number of nitrogens with zero attached hydrogens (tertiary/aromatic N) is 2. The molecule has 6 fully saturated rings. The summed E-state index contributed by atoms with van der Waals surface area (Å²) in [5.41, 5.74) is 0.0512. The van der Waals surface area contributed by atoms with Crippen molar-refractivity contribution in [1.82, 2.24) is 9.80 Å². The molecule has 4 bridgehead atoms. The molecule has 0 N–H and O–H groups in total. The van der Waals surface area contributed by atoms with E-state index in [1.165, 1.54) is 51.4 Å². The first kappa shape index (κ1) is 16.6. The summed E-state index contributed by atoms with van der Waals surface area (Å²) < 4.78 is 5.48. The largest absolute Gasteiger partial charge is 0.379 e. The zero-order valence-electron chi connectivity index (χ0n) is 15.6. The Balaban J connectivity index is 1.24. The number of morpholine rings is 1. The summed E-state index contributed by atoms with van der Waals surface area (Å²) in [4.78, 5) is 18.4. The molecule has 2 saturated heterocycles. The lowest BCUT2D eigenvalue weighted by molar-refractivity contribution is -0.159. The fourth-order valence-electron chi connectivity index (χ4n) is 7.26. The summed E-state index contributed by atoms with van der Waals surface area (Å²) in [7, 11) is 0. The van der Waals surface area contributed by atoms with Crippen LogP contribution >= 0.6 is 0 Å². The van der Waals surface area contributed by atoms with Crippen LogP contribution in [0.4, 0.5) is 0 Å². The zero-order chi connectivity index (χ0) is 16.9. The third kappa shape index (κ3) is 3.14. The maximum atomic E-state index is 13.6. The first-order valence-electron chi connectivity index (χ1n) is 10.8. The minimum Gasteiger partial charge on any atom is -0.379 e. The average molecular weight is 347 g/mol. The summed E-state index contributed by atoms with van der Waals surface area (Å²) >= 11 is 0. The Bertz CT molecular complexity index is 479. The van der Waals surface area contributed by atoms with Crippen LogP contribution in [0.1, 0.15) is 51.4 Å². The van der Waals surface area contributed by atoms with E-state index in [2.05, 4.69) is 9.80 Å². The number of amides is 1. The van der Waals surface area contributed by atoms with E-state index in [1.54, 1.807) is 0 Å². The van der Waals surface area contributed by atoms with E-state index in [4.69, 9.17) is 4.74 Å². The van der Waals surface area contributed by atoms with Crippen LogP contribution in [0.15, 0.2) is 0 Å². The predicted molar refractivity (Wildman–Crippen MR) is 97.2 cm³/mol. The number of piperidine rings is 1. The zero-order valence-corrected chi connectivity index (χ0v) is 15.6. The van der Waals surface area contributed by atoms with Crippen molar-refractivity contribution in [3.05, 3.63) is 0 Å². The SMILES string of the molecule is O=C(N1CCC[C@@H](CN2CCOCC2)C1)C12CC3CC(CC(C3)C1)C2. The van der Waals surface area contributed by atoms with Crippen LogP contribution in [0.2, 0.25) is 0 Å². The van der Waals surface area contributed by atoms with Crippen molar-refractivity contribution in [3.63, 3.8) is 0 Å². The fraction of sp³-hybridized carbons (Fsp3) is 0.952. The Labute approximate surface area is 152 Å². The van der Waals surface area contributed by atoms with Crippen LogP contribution in [0.25, 0.3) is 0 Å². The maximum absolute atomic E-state index is 13.6. The molecule has 4 heteroatoms. The molecule has 4 aliphatic carbocycles. The molecule has 0 aromatic heterocycles. The lowest BCUT2D eigenvalue weighted by Gasteiger charge is -2.57. The molecule has 0 aromatic rings. The van der Waals surface area contributed by atoms with Crippen LogP contribution in [-0.4, -0.2) is 61.6 Å². The van der Waals surface area contributed by atoms with E-state index in [0.29, 0.717) is 11.8 Å². The van der Waals surface area contributed by atoms with Gasteiger partial charge in [-0.15, -0.1) is 0 Å². The van der Waals surface area contributed by atoms with Crippen molar-refractivity contribution < 1.29 is 9.53 Å². The summed E-state index contributed by atoms with van der Waals surface area (Å²) in [6.45, 7) is 7.08. The third-order valence-corrected chi connectivity index (χ3v) is 7.92. The smallest absolute Gasteiger partial charge is 0.228 e. The van der Waals surface area contributed by atoms with Gasteiger partial charge in [0, 0.05) is 32.7 Å². The van der Waals surface area contributed by atoms with Crippen molar-refractivity contribution in [2.75, 3.05) is 45.9 Å². The maximum Gasteiger partial charge on any atom is 0.228 e. The van der Waals surface area contributed by atoms with Gasteiger partial charge in [0.15, 0.2) is 0 Å². The van der Waals surface area contributed by atoms with Gasteiger partial charge in [0.1, 0.15) is 0 Å². The summed E-state index contributed by atoms with van der Waals surface area (Å²) in [6, 6.07) is 0. The van der Waals surface area contributed by atoms with Gasteiger partial charge in [0.25, 0.3) is 0 Å². The Morgan fingerprint density at radius 2 is 1.60 bits per heavy atom. The Morgan fingerprint density at radius 3 is 2.24 bits per heavy atom. The molecule has 4 nitrogen and oxygen atoms in total. The van der Waals surface area contributed by atoms with Crippen molar-refractivity contribution in [1.29, 1.82) is 0 Å². The van der Waals surface area contributed by atoms with Crippen LogP contribution in [-0.2, 0) is 9.53 Å². The Kier molecular flexibility index (Phi) is 4.32. The standard InChI is InChI=1S/C21H34N2O2/c24-20(21-11-17-8-18(12-21)10-19(9-17)13-21)23-3-1-2-16(15-23)14-22-4-6-25-7-5-22/h16-19H,1-15H2/t16-,17?,18?,19?,21?/m0/s1. The van der Waals surface area contributed by atoms with E-state index >= 15 is 0 Å². The van der Waals surface area contributed by atoms with Crippen molar-refractivity contribution in [3.8, 4) is 0 Å². The highest BCUT2D eigenvalue weighted by Crippen LogP contribution is 2.60. The van der Waals surface area contributed by atoms with E-state index in [-0.39, 0.29) is 5.41 Å². The minimum absolute atomic E-state index is 0.0512. The van der Waals surface area contributed by atoms with Crippen molar-refractivity contribution in [2.45, 2.75) is 51.4 Å². The van der Waals surface area contributed by atoms with Gasteiger partial charge >= 0.3 is 0 Å². The molecule has 140 valence electrons. The molecule has 0 aromatic carbocycles. The molecule has 0 radical (unpaired) electrons. The molecule has 1 atom stereocenters. The van der Waals surface area contributed by atoms with E-state index in [1.807, 2.05) is 0 Å². The van der Waals surface area contributed by atoms with Crippen molar-refractivity contribution >= 4 is 5.91 Å². The summed E-state index contributed by atoms with van der Waals surface area (Å²) in [5, 5.41) is 0. The molecule has 1 amide bonds. The Morgan fingerprint density at radius 1 is 0.960 bits per heavy atom. The monoisotopic (exact) mass is 346 g/mol. The van der Waals surface area contributed by atoms with E-state index in [9.17, 15) is 4.79 Å². The number of ether oxygens (including phenoxy) is 1. The van der Waals surface area contributed by atoms with Gasteiger partial charge in [0.05, 0.1) is 18.6 Å². The van der Waals surface area contributed by atoms with Crippen molar-refractivity contribution in [2.24, 2.45) is 29.1 Å². The van der Waals surface area contributed by atoms with Crippen LogP contribution in [0, 0.1) is 29.1 Å². The third-order valence-electron chi connectivity index (χ3n) is 7.92. The lowest BCUT2D eigenvalue weighted by atomic mass is 9.49. The van der Waals surface area contributed by atoms with E-state index in [0.717, 1.165) is 63.7 Å². The molecular formula is C21H34N2O2. The second kappa shape index (κ2) is 6.53. The second-order valence-corrected chi connectivity index (χ2v) is 9.87. The fourth-order valence-corrected chi connectivity index (χ4v) is 7.26. The van der Waals surface area contributed by atoms with Gasteiger partial charge in [-0.25, -0.2) is 0 Å². The molecule has 4 saturated carbocycles. The molecular weight excluding hydrogens is 312 g/mol. The van der Waals surface area contributed by atoms with Gasteiger partial charge in [-0.1, -0.05) is 0 Å². The lowest BCUT2D eigenvalue weighted by Crippen LogP contribution is -2.56. The minimum atomic E-state index is 0.0512. The van der Waals surface area contributed by atoms with Gasteiger partial charge < -0.3 is 9.64 Å². The van der Waals surface area contributed by atoms with Gasteiger partial charge in [-0.2, -0.15) is 0 Å². The highest BCUT2D eigenvalue weighted by molar-refractivity contribution is 5.83. The number of likely N-dealkylation sites (tertiary alicyclic amines) is 1. The average Bonchev–Trinajstić information content (AvgIpc) is 2.61. The van der Waals surface area contributed by atoms with Gasteiger partial charge in [0.2, 0.25) is 5.91 Å². The molecule has 2 aliphatic heterocycles. The topological polar surface area (TPSA) is 32.8 Å². The highest BCUT2D eigenvalue weighted by Gasteiger charge is 2.55. The highest BCUT2D eigenvalue weighted by atomic mass is 16.5. The van der Waals surface area contributed by atoms with Gasteiger partial charge in [-0.05, 0) is 75.0 Å². The molecule has 25 heavy (non-hydrogen) atoms. The number of carbonyl (C=O) groups is 1. The normalized spacial score (nSPS) is 44.2. The first-order valence-corrected chi connectivity index (χ1v) is 10.8. The quantitative estimate of drug-likeness (QED) is 0.788. The molecule has 0 unspecified atom stereocenters. The number of rotatable bonds is 3. The first-order chi connectivity index (χ1) is 12.2. The van der Waals surface area contributed by atoms with Crippen LogP contribution < -0.4 is 0 Å².